The molecule has 0 saturated carbocycles. The molecule has 1 amide bonds. The first-order valence-corrected chi connectivity index (χ1v) is 8.96. The lowest BCUT2D eigenvalue weighted by Gasteiger charge is -2.07. The molecule has 0 aliphatic rings. The average molecular weight is 368 g/mol. The van der Waals surface area contributed by atoms with Crippen LogP contribution in [0.15, 0.2) is 29.2 Å². The van der Waals surface area contributed by atoms with Gasteiger partial charge in [0, 0.05) is 23.3 Å². The van der Waals surface area contributed by atoms with Crippen molar-refractivity contribution >= 4 is 40.0 Å². The molecule has 0 bridgehead atoms. The second kappa shape index (κ2) is 8.16. The highest BCUT2D eigenvalue weighted by Crippen LogP contribution is 2.36. The molecule has 128 valence electrons. The Labute approximate surface area is 147 Å². The maximum atomic E-state index is 13.0. The molecule has 0 spiro atoms. The molecule has 8 heteroatoms. The predicted octanol–water partition coefficient (Wildman–Crippen LogP) is 3.30. The zero-order valence-electron chi connectivity index (χ0n) is 13.2. The SMILES string of the molecule is CCOC(=O)c1c(N)sc(C(=O)NC)c1CSc1ccc(F)cc1. The number of anilines is 1. The molecule has 24 heavy (non-hydrogen) atoms. The van der Waals surface area contributed by atoms with E-state index in [-0.39, 0.29) is 28.9 Å². The topological polar surface area (TPSA) is 81.4 Å². The standard InChI is InChI=1S/C16H17FN2O3S2/c1-3-22-16(21)12-11(13(15(20)19-2)24-14(12)18)8-23-10-6-4-9(17)5-7-10/h4-7H,3,8,18H2,1-2H3,(H,19,20). The minimum Gasteiger partial charge on any atom is -0.462 e. The van der Waals surface area contributed by atoms with Crippen LogP contribution >= 0.6 is 23.1 Å². The molecule has 1 aromatic heterocycles. The number of rotatable bonds is 6. The Balaban J connectivity index is 2.35. The van der Waals surface area contributed by atoms with Gasteiger partial charge in [0.1, 0.15) is 10.8 Å². The molecule has 0 fully saturated rings. The monoisotopic (exact) mass is 368 g/mol. The summed E-state index contributed by atoms with van der Waals surface area (Å²) in [6.07, 6.45) is 0. The van der Waals surface area contributed by atoms with E-state index < -0.39 is 5.97 Å². The molecule has 5 nitrogen and oxygen atoms in total. The fourth-order valence-electron chi connectivity index (χ4n) is 2.03. The van der Waals surface area contributed by atoms with Crippen LogP contribution in [0, 0.1) is 5.82 Å². The van der Waals surface area contributed by atoms with Gasteiger partial charge in [-0.25, -0.2) is 9.18 Å². The summed E-state index contributed by atoms with van der Waals surface area (Å²) in [5, 5.41) is 2.80. The van der Waals surface area contributed by atoms with Gasteiger partial charge in [0.2, 0.25) is 0 Å². The number of amides is 1. The van der Waals surface area contributed by atoms with Crippen molar-refractivity contribution in [1.82, 2.24) is 5.32 Å². The lowest BCUT2D eigenvalue weighted by atomic mass is 10.1. The molecule has 2 rings (SSSR count). The summed E-state index contributed by atoms with van der Waals surface area (Å²) in [4.78, 5) is 25.4. The normalized spacial score (nSPS) is 10.5. The van der Waals surface area contributed by atoms with Gasteiger partial charge >= 0.3 is 5.97 Å². The zero-order chi connectivity index (χ0) is 17.7. The molecular weight excluding hydrogens is 351 g/mol. The predicted molar refractivity (Wildman–Crippen MR) is 94.0 cm³/mol. The van der Waals surface area contributed by atoms with Crippen LogP contribution in [0.25, 0.3) is 0 Å². The summed E-state index contributed by atoms with van der Waals surface area (Å²) >= 11 is 2.44. The first kappa shape index (κ1) is 18.3. The van der Waals surface area contributed by atoms with Crippen molar-refractivity contribution in [1.29, 1.82) is 0 Å². The number of esters is 1. The molecule has 0 aliphatic heterocycles. The molecule has 0 saturated heterocycles. The number of halogens is 1. The third kappa shape index (κ3) is 4.07. The summed E-state index contributed by atoms with van der Waals surface area (Å²) in [5.41, 5.74) is 6.70. The van der Waals surface area contributed by atoms with Gasteiger partial charge in [-0.2, -0.15) is 0 Å². The van der Waals surface area contributed by atoms with E-state index in [9.17, 15) is 14.0 Å². The van der Waals surface area contributed by atoms with Gasteiger partial charge in [0.05, 0.1) is 17.0 Å². The van der Waals surface area contributed by atoms with E-state index in [1.807, 2.05) is 0 Å². The summed E-state index contributed by atoms with van der Waals surface area (Å²) in [7, 11) is 1.51. The Morgan fingerprint density at radius 2 is 2.00 bits per heavy atom. The first-order chi connectivity index (χ1) is 11.5. The van der Waals surface area contributed by atoms with E-state index in [4.69, 9.17) is 10.5 Å². The molecular formula is C16H17FN2O3S2. The van der Waals surface area contributed by atoms with Crippen molar-refractivity contribution in [3.63, 3.8) is 0 Å². The van der Waals surface area contributed by atoms with Crippen LogP contribution in [0.3, 0.4) is 0 Å². The number of nitrogens with two attached hydrogens (primary N) is 1. The largest absolute Gasteiger partial charge is 0.462 e. The second-order valence-electron chi connectivity index (χ2n) is 4.69. The number of thioether (sulfide) groups is 1. The van der Waals surface area contributed by atoms with Crippen LogP contribution in [0.5, 0.6) is 0 Å². The Kier molecular flexibility index (Phi) is 6.22. The number of nitrogen functional groups attached to an aromatic ring is 1. The van der Waals surface area contributed by atoms with Gasteiger partial charge in [-0.3, -0.25) is 4.79 Å². The third-order valence-electron chi connectivity index (χ3n) is 3.14. The van der Waals surface area contributed by atoms with Crippen molar-refractivity contribution in [2.24, 2.45) is 0 Å². The van der Waals surface area contributed by atoms with Crippen LogP contribution in [0.2, 0.25) is 0 Å². The number of hydrogen-bond acceptors (Lipinski definition) is 6. The average Bonchev–Trinajstić information content (AvgIpc) is 2.90. The summed E-state index contributed by atoms with van der Waals surface area (Å²) in [6, 6.07) is 5.99. The van der Waals surface area contributed by atoms with Crippen molar-refractivity contribution in [3.05, 3.63) is 46.1 Å². The number of nitrogens with one attached hydrogen (secondary N) is 1. The summed E-state index contributed by atoms with van der Waals surface area (Å²) in [6.45, 7) is 1.92. The molecule has 2 aromatic rings. The summed E-state index contributed by atoms with van der Waals surface area (Å²) in [5.74, 6) is -0.832. The number of ether oxygens (including phenoxy) is 1. The Morgan fingerprint density at radius 1 is 1.33 bits per heavy atom. The smallest absolute Gasteiger partial charge is 0.341 e. The lowest BCUT2D eigenvalue weighted by molar-refractivity contribution is 0.0527. The van der Waals surface area contributed by atoms with E-state index in [0.29, 0.717) is 16.2 Å². The lowest BCUT2D eigenvalue weighted by Crippen LogP contribution is -2.18. The Morgan fingerprint density at radius 3 is 2.58 bits per heavy atom. The van der Waals surface area contributed by atoms with Gasteiger partial charge in [0.15, 0.2) is 0 Å². The molecule has 3 N–H and O–H groups in total. The fourth-order valence-corrected chi connectivity index (χ4v) is 4.07. The van der Waals surface area contributed by atoms with Gasteiger partial charge in [-0.15, -0.1) is 23.1 Å². The first-order valence-electron chi connectivity index (χ1n) is 7.16. The highest BCUT2D eigenvalue weighted by molar-refractivity contribution is 7.98. The number of carbonyl (C=O) groups excluding carboxylic acids is 2. The molecule has 0 radical (unpaired) electrons. The zero-order valence-corrected chi connectivity index (χ0v) is 14.9. The maximum Gasteiger partial charge on any atom is 0.341 e. The number of hydrogen-bond donors (Lipinski definition) is 2. The van der Waals surface area contributed by atoms with E-state index in [0.717, 1.165) is 16.2 Å². The molecule has 1 heterocycles. The Hall–Kier alpha value is -2.06. The van der Waals surface area contributed by atoms with Crippen molar-refractivity contribution in [2.45, 2.75) is 17.6 Å². The van der Waals surface area contributed by atoms with E-state index in [2.05, 4.69) is 5.32 Å². The minimum absolute atomic E-state index is 0.216. The Bertz CT molecular complexity index is 745. The van der Waals surface area contributed by atoms with Gasteiger partial charge < -0.3 is 15.8 Å². The van der Waals surface area contributed by atoms with Gasteiger partial charge in [-0.1, -0.05) is 0 Å². The fraction of sp³-hybridized carbons (Fsp3) is 0.250. The van der Waals surface area contributed by atoms with E-state index in [1.165, 1.54) is 30.9 Å². The number of carbonyl (C=O) groups is 2. The number of thiophene rings is 1. The van der Waals surface area contributed by atoms with Crippen molar-refractivity contribution in [2.75, 3.05) is 19.4 Å². The van der Waals surface area contributed by atoms with Crippen molar-refractivity contribution < 1.29 is 18.7 Å². The third-order valence-corrected chi connectivity index (χ3v) is 5.24. The van der Waals surface area contributed by atoms with Gasteiger partial charge in [-0.05, 0) is 31.2 Å². The minimum atomic E-state index is -0.545. The molecule has 0 unspecified atom stereocenters. The van der Waals surface area contributed by atoms with Crippen LogP contribution in [-0.4, -0.2) is 25.5 Å². The highest BCUT2D eigenvalue weighted by Gasteiger charge is 2.26. The van der Waals surface area contributed by atoms with E-state index >= 15 is 0 Å². The van der Waals surface area contributed by atoms with Gasteiger partial charge in [0.25, 0.3) is 5.91 Å². The van der Waals surface area contributed by atoms with Crippen LogP contribution in [-0.2, 0) is 10.5 Å². The van der Waals surface area contributed by atoms with Crippen LogP contribution in [0.4, 0.5) is 9.39 Å². The second-order valence-corrected chi connectivity index (χ2v) is 6.79. The molecule has 0 atom stereocenters. The quantitative estimate of drug-likeness (QED) is 0.604. The number of benzene rings is 1. The molecule has 1 aromatic carbocycles. The van der Waals surface area contributed by atoms with Crippen molar-refractivity contribution in [3.8, 4) is 0 Å². The summed E-state index contributed by atoms with van der Waals surface area (Å²) < 4.78 is 18.0. The maximum absolute atomic E-state index is 13.0. The molecule has 0 aliphatic carbocycles. The van der Waals surface area contributed by atoms with Crippen LogP contribution in [0.1, 0.15) is 32.5 Å². The highest BCUT2D eigenvalue weighted by atomic mass is 32.2. The van der Waals surface area contributed by atoms with E-state index in [1.54, 1.807) is 19.1 Å². The van der Waals surface area contributed by atoms with Crippen LogP contribution < -0.4 is 11.1 Å².